The normalized spacial score (nSPS) is 11.4. The van der Waals surface area contributed by atoms with E-state index < -0.39 is 0 Å². The van der Waals surface area contributed by atoms with E-state index in [2.05, 4.69) is 4.98 Å². The van der Waals surface area contributed by atoms with Crippen LogP contribution in [0.1, 0.15) is 36.5 Å². The van der Waals surface area contributed by atoms with E-state index >= 15 is 0 Å². The molecule has 0 aliphatic carbocycles. The summed E-state index contributed by atoms with van der Waals surface area (Å²) in [4.78, 5) is 15.8. The van der Waals surface area contributed by atoms with Crippen molar-refractivity contribution in [3.05, 3.63) is 71.6 Å². The number of benzene rings is 1. The van der Waals surface area contributed by atoms with E-state index in [1.165, 1.54) is 0 Å². The lowest BCUT2D eigenvalue weighted by Gasteiger charge is -1.99. The molecule has 0 unspecified atom stereocenters. The molecular formula is C21H23NO2. The fraction of sp³-hybridized carbons (Fsp3) is 0.238. The molecule has 3 nitrogen and oxygen atoms in total. The van der Waals surface area contributed by atoms with E-state index in [0.717, 1.165) is 23.1 Å². The van der Waals surface area contributed by atoms with Gasteiger partial charge in [0.25, 0.3) is 0 Å². The minimum absolute atomic E-state index is 0.134. The molecule has 0 bridgehead atoms. The number of rotatable bonds is 9. The molecule has 124 valence electrons. The highest BCUT2D eigenvalue weighted by Crippen LogP contribution is 2.10. The SMILES string of the molecule is CCOCCCC(=O)C=Cc1ccc(C=Cc2cccnc2)cc1. The van der Waals surface area contributed by atoms with Crippen LogP contribution in [0, 0.1) is 0 Å². The summed E-state index contributed by atoms with van der Waals surface area (Å²) in [6.07, 6.45) is 12.5. The summed E-state index contributed by atoms with van der Waals surface area (Å²) in [5, 5.41) is 0. The Morgan fingerprint density at radius 3 is 2.42 bits per heavy atom. The smallest absolute Gasteiger partial charge is 0.155 e. The van der Waals surface area contributed by atoms with Gasteiger partial charge in [0.1, 0.15) is 0 Å². The first-order valence-corrected chi connectivity index (χ1v) is 8.25. The highest BCUT2D eigenvalue weighted by molar-refractivity contribution is 5.93. The summed E-state index contributed by atoms with van der Waals surface area (Å²) in [6.45, 7) is 3.30. The number of ketones is 1. The van der Waals surface area contributed by atoms with Crippen LogP contribution in [0.15, 0.2) is 54.9 Å². The molecule has 0 amide bonds. The number of allylic oxidation sites excluding steroid dienone is 1. The number of pyridine rings is 1. The maximum Gasteiger partial charge on any atom is 0.155 e. The van der Waals surface area contributed by atoms with E-state index in [1.807, 2.05) is 67.7 Å². The van der Waals surface area contributed by atoms with Crippen LogP contribution in [0.25, 0.3) is 18.2 Å². The van der Waals surface area contributed by atoms with E-state index in [4.69, 9.17) is 4.74 Å². The number of carbonyl (C=O) groups is 1. The lowest BCUT2D eigenvalue weighted by atomic mass is 10.1. The van der Waals surface area contributed by atoms with Crippen LogP contribution in [-0.2, 0) is 9.53 Å². The van der Waals surface area contributed by atoms with Crippen molar-refractivity contribution in [2.24, 2.45) is 0 Å². The van der Waals surface area contributed by atoms with Gasteiger partial charge in [-0.2, -0.15) is 0 Å². The third kappa shape index (κ3) is 6.71. The summed E-state index contributed by atoms with van der Waals surface area (Å²) in [6, 6.07) is 12.0. The van der Waals surface area contributed by atoms with Crippen LogP contribution in [0.5, 0.6) is 0 Å². The van der Waals surface area contributed by atoms with Gasteiger partial charge in [0.05, 0.1) is 0 Å². The standard InChI is InChI=1S/C21H23NO2/c1-2-24-16-4-6-21(23)14-13-19-9-7-18(8-10-19)11-12-20-5-3-15-22-17-20/h3,5,7-15,17H,2,4,6,16H2,1H3. The number of carbonyl (C=O) groups excluding carboxylic acids is 1. The van der Waals surface area contributed by atoms with Crippen LogP contribution < -0.4 is 0 Å². The van der Waals surface area contributed by atoms with Crippen molar-refractivity contribution in [3.63, 3.8) is 0 Å². The van der Waals surface area contributed by atoms with E-state index in [1.54, 1.807) is 12.3 Å². The monoisotopic (exact) mass is 321 g/mol. The summed E-state index contributed by atoms with van der Waals surface area (Å²) >= 11 is 0. The number of hydrogen-bond donors (Lipinski definition) is 0. The largest absolute Gasteiger partial charge is 0.382 e. The van der Waals surface area contributed by atoms with Gasteiger partial charge in [0.2, 0.25) is 0 Å². The Morgan fingerprint density at radius 1 is 1.04 bits per heavy atom. The molecule has 0 N–H and O–H groups in total. The second-order valence-electron chi connectivity index (χ2n) is 5.39. The van der Waals surface area contributed by atoms with E-state index in [-0.39, 0.29) is 5.78 Å². The third-order valence-electron chi connectivity index (χ3n) is 3.47. The first-order valence-electron chi connectivity index (χ1n) is 8.25. The quantitative estimate of drug-likeness (QED) is 0.498. The average molecular weight is 321 g/mol. The van der Waals surface area contributed by atoms with Gasteiger partial charge in [0.15, 0.2) is 5.78 Å². The summed E-state index contributed by atoms with van der Waals surface area (Å²) in [7, 11) is 0. The fourth-order valence-corrected chi connectivity index (χ4v) is 2.15. The van der Waals surface area contributed by atoms with Gasteiger partial charge in [0, 0.05) is 32.0 Å². The minimum atomic E-state index is 0.134. The van der Waals surface area contributed by atoms with Gasteiger partial charge in [-0.25, -0.2) is 0 Å². The highest BCUT2D eigenvalue weighted by atomic mass is 16.5. The zero-order chi connectivity index (χ0) is 17.0. The number of nitrogens with zero attached hydrogens (tertiary/aromatic N) is 1. The Hall–Kier alpha value is -2.52. The van der Waals surface area contributed by atoms with Crippen molar-refractivity contribution in [3.8, 4) is 0 Å². The van der Waals surface area contributed by atoms with E-state index in [0.29, 0.717) is 19.6 Å². The first kappa shape index (κ1) is 17.8. The topological polar surface area (TPSA) is 39.2 Å². The summed E-state index contributed by atoms with van der Waals surface area (Å²) in [5.74, 6) is 0.134. The molecule has 0 saturated carbocycles. The van der Waals surface area contributed by atoms with Gasteiger partial charge in [-0.05, 0) is 42.2 Å². The molecule has 0 fully saturated rings. The molecule has 0 radical (unpaired) electrons. The third-order valence-corrected chi connectivity index (χ3v) is 3.47. The van der Waals surface area contributed by atoms with Crippen molar-refractivity contribution >= 4 is 24.0 Å². The lowest BCUT2D eigenvalue weighted by Crippen LogP contribution is -1.98. The average Bonchev–Trinajstić information content (AvgIpc) is 2.63. The van der Waals surface area contributed by atoms with Gasteiger partial charge in [-0.3, -0.25) is 9.78 Å². The molecule has 1 aromatic heterocycles. The van der Waals surface area contributed by atoms with Gasteiger partial charge < -0.3 is 4.74 Å². The summed E-state index contributed by atoms with van der Waals surface area (Å²) < 4.78 is 5.23. The molecule has 2 rings (SSSR count). The van der Waals surface area contributed by atoms with Crippen LogP contribution in [0.4, 0.5) is 0 Å². The Labute approximate surface area is 143 Å². The molecule has 0 aliphatic heterocycles. The van der Waals surface area contributed by atoms with Crippen molar-refractivity contribution in [2.75, 3.05) is 13.2 Å². The molecule has 3 heteroatoms. The second kappa shape index (κ2) is 10.3. The molecule has 0 saturated heterocycles. The number of aromatic nitrogens is 1. The van der Waals surface area contributed by atoms with Crippen LogP contribution in [0.2, 0.25) is 0 Å². The second-order valence-corrected chi connectivity index (χ2v) is 5.39. The Morgan fingerprint density at radius 2 is 1.75 bits per heavy atom. The van der Waals surface area contributed by atoms with Gasteiger partial charge in [-0.1, -0.05) is 48.6 Å². The molecule has 1 aromatic carbocycles. The van der Waals surface area contributed by atoms with Crippen molar-refractivity contribution in [2.45, 2.75) is 19.8 Å². The molecule has 0 atom stereocenters. The zero-order valence-corrected chi connectivity index (χ0v) is 14.0. The maximum atomic E-state index is 11.7. The van der Waals surface area contributed by atoms with Gasteiger partial charge in [-0.15, -0.1) is 0 Å². The highest BCUT2D eigenvalue weighted by Gasteiger charge is 1.97. The first-order chi connectivity index (χ1) is 11.8. The molecule has 24 heavy (non-hydrogen) atoms. The molecule has 1 heterocycles. The van der Waals surface area contributed by atoms with Crippen LogP contribution in [-0.4, -0.2) is 24.0 Å². The predicted octanol–water partition coefficient (Wildman–Crippen LogP) is 4.65. The Kier molecular flexibility index (Phi) is 7.64. The molecule has 0 aliphatic rings. The van der Waals surface area contributed by atoms with Gasteiger partial charge >= 0.3 is 0 Å². The molecule has 0 spiro atoms. The minimum Gasteiger partial charge on any atom is -0.382 e. The summed E-state index contributed by atoms with van der Waals surface area (Å²) in [5.41, 5.74) is 3.20. The Bertz CT molecular complexity index is 673. The molecule has 2 aromatic rings. The number of ether oxygens (including phenoxy) is 1. The van der Waals surface area contributed by atoms with Crippen LogP contribution >= 0.6 is 0 Å². The number of hydrogen-bond acceptors (Lipinski definition) is 3. The maximum absolute atomic E-state index is 11.7. The fourth-order valence-electron chi connectivity index (χ4n) is 2.15. The zero-order valence-electron chi connectivity index (χ0n) is 14.0. The van der Waals surface area contributed by atoms with Crippen molar-refractivity contribution in [1.29, 1.82) is 0 Å². The lowest BCUT2D eigenvalue weighted by molar-refractivity contribution is -0.114. The van der Waals surface area contributed by atoms with E-state index in [9.17, 15) is 4.79 Å². The molecular weight excluding hydrogens is 298 g/mol. The predicted molar refractivity (Wildman–Crippen MR) is 99.4 cm³/mol. The van der Waals surface area contributed by atoms with Crippen molar-refractivity contribution in [1.82, 2.24) is 4.98 Å². The van der Waals surface area contributed by atoms with Crippen LogP contribution in [0.3, 0.4) is 0 Å². The van der Waals surface area contributed by atoms with Crippen molar-refractivity contribution < 1.29 is 9.53 Å². The Balaban J connectivity index is 1.84.